The second-order valence-electron chi connectivity index (χ2n) is 5.16. The van der Waals surface area contributed by atoms with Gasteiger partial charge in [-0.25, -0.2) is 0 Å². The maximum Gasteiger partial charge on any atom is 0.306 e. The van der Waals surface area contributed by atoms with E-state index in [2.05, 4.69) is 17.1 Å². The number of aromatic amines is 1. The number of fused-ring (bicyclic) bond motifs is 1. The van der Waals surface area contributed by atoms with Gasteiger partial charge in [-0.1, -0.05) is 41.7 Å². The van der Waals surface area contributed by atoms with Crippen LogP contribution >= 0.6 is 23.1 Å². The molecule has 3 rings (SSSR count). The third kappa shape index (κ3) is 3.28. The highest BCUT2D eigenvalue weighted by atomic mass is 32.2. The number of carbonyl (C=O) groups excluding carboxylic acids is 1. The van der Waals surface area contributed by atoms with E-state index in [4.69, 9.17) is 4.74 Å². The van der Waals surface area contributed by atoms with E-state index >= 15 is 0 Å². The Labute approximate surface area is 136 Å². The van der Waals surface area contributed by atoms with Gasteiger partial charge in [0.1, 0.15) is 0 Å². The molecule has 0 aliphatic carbocycles. The highest BCUT2D eigenvalue weighted by Gasteiger charge is 2.32. The van der Waals surface area contributed by atoms with E-state index in [0.29, 0.717) is 13.0 Å². The van der Waals surface area contributed by atoms with Crippen molar-refractivity contribution in [2.75, 3.05) is 6.61 Å². The van der Waals surface area contributed by atoms with Crippen molar-refractivity contribution in [2.24, 2.45) is 0 Å². The van der Waals surface area contributed by atoms with E-state index in [1.165, 1.54) is 16.9 Å². The molecule has 0 saturated heterocycles. The average Bonchev–Trinajstić information content (AvgIpc) is 2.87. The lowest BCUT2D eigenvalue weighted by Gasteiger charge is -2.28. The first-order valence-corrected chi connectivity index (χ1v) is 8.97. The number of benzene rings is 1. The molecule has 22 heavy (non-hydrogen) atoms. The predicted octanol–water partition coefficient (Wildman–Crippen LogP) is 3.39. The first-order chi connectivity index (χ1) is 10.7. The lowest BCUT2D eigenvalue weighted by Crippen LogP contribution is -2.20. The number of thioether (sulfide) groups is 1. The van der Waals surface area contributed by atoms with Crippen LogP contribution in [0, 0.1) is 0 Å². The number of hydrogen-bond acceptors (Lipinski definition) is 5. The number of hydrogen-bond donors (Lipinski definition) is 1. The van der Waals surface area contributed by atoms with Crippen LogP contribution < -0.4 is 4.87 Å². The van der Waals surface area contributed by atoms with Gasteiger partial charge in [0.05, 0.1) is 18.1 Å². The van der Waals surface area contributed by atoms with Gasteiger partial charge in [-0.05, 0) is 18.9 Å². The van der Waals surface area contributed by atoms with Gasteiger partial charge in [0.25, 0.3) is 0 Å². The smallest absolute Gasteiger partial charge is 0.306 e. The molecule has 1 aliphatic heterocycles. The van der Waals surface area contributed by atoms with E-state index in [1.807, 2.05) is 25.1 Å². The standard InChI is InChI=1S/C16H17NO3S2/c1-2-20-13(18)9-11-8-12(10-6-4-3-5-7-10)14-15(21-11)17-16(19)22-14/h3-7,11-12H,2,8-9H2,1H3,(H,17,19)/t11-,12-/m0/s1. The maximum absolute atomic E-state index is 11.8. The number of ether oxygens (including phenoxy) is 1. The van der Waals surface area contributed by atoms with Crippen LogP contribution in [-0.4, -0.2) is 22.8 Å². The number of H-pyrrole nitrogens is 1. The van der Waals surface area contributed by atoms with Crippen molar-refractivity contribution in [1.29, 1.82) is 0 Å². The van der Waals surface area contributed by atoms with E-state index in [0.717, 1.165) is 16.3 Å². The van der Waals surface area contributed by atoms with Crippen molar-refractivity contribution < 1.29 is 9.53 Å². The van der Waals surface area contributed by atoms with Crippen molar-refractivity contribution in [3.05, 3.63) is 50.4 Å². The summed E-state index contributed by atoms with van der Waals surface area (Å²) in [5.74, 6) is -0.00587. The lowest BCUT2D eigenvalue weighted by atomic mass is 9.92. The summed E-state index contributed by atoms with van der Waals surface area (Å²) in [5, 5.41) is 1.03. The highest BCUT2D eigenvalue weighted by molar-refractivity contribution is 8.00. The maximum atomic E-state index is 11.8. The van der Waals surface area contributed by atoms with Crippen molar-refractivity contribution in [2.45, 2.75) is 36.0 Å². The van der Waals surface area contributed by atoms with Crippen LogP contribution in [0.1, 0.15) is 36.1 Å². The van der Waals surface area contributed by atoms with Gasteiger partial charge in [0, 0.05) is 16.0 Å². The Morgan fingerprint density at radius 2 is 2.14 bits per heavy atom. The molecule has 2 aromatic rings. The number of nitrogens with one attached hydrogen (secondary N) is 1. The van der Waals surface area contributed by atoms with Crippen LogP contribution in [0.5, 0.6) is 0 Å². The van der Waals surface area contributed by atoms with Crippen LogP contribution in [0.15, 0.2) is 40.2 Å². The second-order valence-corrected chi connectivity index (χ2v) is 7.48. The fourth-order valence-electron chi connectivity index (χ4n) is 2.73. The minimum Gasteiger partial charge on any atom is -0.466 e. The van der Waals surface area contributed by atoms with Crippen molar-refractivity contribution >= 4 is 29.1 Å². The minimum absolute atomic E-state index is 0.0322. The van der Waals surface area contributed by atoms with Gasteiger partial charge in [-0.3, -0.25) is 9.59 Å². The van der Waals surface area contributed by atoms with Crippen LogP contribution in [0.2, 0.25) is 0 Å². The Hall–Kier alpha value is -1.53. The zero-order chi connectivity index (χ0) is 15.5. The summed E-state index contributed by atoms with van der Waals surface area (Å²) >= 11 is 2.86. The van der Waals surface area contributed by atoms with Crippen LogP contribution in [0.3, 0.4) is 0 Å². The lowest BCUT2D eigenvalue weighted by molar-refractivity contribution is -0.143. The summed E-state index contributed by atoms with van der Waals surface area (Å²) < 4.78 is 5.06. The molecular weight excluding hydrogens is 318 g/mol. The molecule has 2 atom stereocenters. The van der Waals surface area contributed by atoms with E-state index in [1.54, 1.807) is 11.8 Å². The fraction of sp³-hybridized carbons (Fsp3) is 0.375. The molecule has 1 N–H and O–H groups in total. The summed E-state index contributed by atoms with van der Waals surface area (Å²) in [7, 11) is 0. The van der Waals surface area contributed by atoms with E-state index in [9.17, 15) is 9.59 Å². The first kappa shape index (κ1) is 15.4. The van der Waals surface area contributed by atoms with Gasteiger partial charge < -0.3 is 9.72 Å². The normalized spacial score (nSPS) is 20.4. The Balaban J connectivity index is 1.88. The summed E-state index contributed by atoms with van der Waals surface area (Å²) in [4.78, 5) is 27.4. The molecule has 4 nitrogen and oxygen atoms in total. The SMILES string of the molecule is CCOC(=O)C[C@@H]1C[C@@H](c2ccccc2)c2sc(=O)[nH]c2S1. The zero-order valence-electron chi connectivity index (χ0n) is 12.2. The van der Waals surface area contributed by atoms with Gasteiger partial charge in [-0.15, -0.1) is 11.8 Å². The minimum atomic E-state index is -0.173. The molecule has 0 fully saturated rings. The Morgan fingerprint density at radius 1 is 1.36 bits per heavy atom. The molecule has 1 aromatic carbocycles. The molecule has 116 valence electrons. The quantitative estimate of drug-likeness (QED) is 0.870. The van der Waals surface area contributed by atoms with Gasteiger partial charge in [-0.2, -0.15) is 0 Å². The van der Waals surface area contributed by atoms with Crippen LogP contribution in [0.4, 0.5) is 0 Å². The monoisotopic (exact) mass is 335 g/mol. The van der Waals surface area contributed by atoms with Crippen molar-refractivity contribution in [3.8, 4) is 0 Å². The summed E-state index contributed by atoms with van der Waals surface area (Å²) in [6, 6.07) is 10.2. The number of thiazole rings is 1. The van der Waals surface area contributed by atoms with Gasteiger partial charge in [0.15, 0.2) is 0 Å². The topological polar surface area (TPSA) is 59.2 Å². The second kappa shape index (κ2) is 6.71. The molecule has 1 aliphatic rings. The molecule has 0 unspecified atom stereocenters. The third-order valence-corrected chi connectivity index (χ3v) is 6.02. The van der Waals surface area contributed by atoms with Gasteiger partial charge >= 0.3 is 10.8 Å². The number of rotatable bonds is 4. The Morgan fingerprint density at radius 3 is 2.86 bits per heavy atom. The van der Waals surface area contributed by atoms with E-state index in [-0.39, 0.29) is 22.0 Å². The van der Waals surface area contributed by atoms with Crippen LogP contribution in [0.25, 0.3) is 0 Å². The largest absolute Gasteiger partial charge is 0.466 e. The molecule has 1 aromatic heterocycles. The fourth-order valence-corrected chi connectivity index (χ4v) is 5.19. The molecule has 2 heterocycles. The van der Waals surface area contributed by atoms with Crippen molar-refractivity contribution in [1.82, 2.24) is 4.98 Å². The molecule has 0 amide bonds. The number of carbonyl (C=O) groups is 1. The highest BCUT2D eigenvalue weighted by Crippen LogP contribution is 2.46. The number of esters is 1. The summed E-state index contributed by atoms with van der Waals surface area (Å²) in [6.45, 7) is 2.21. The third-order valence-electron chi connectivity index (χ3n) is 3.64. The molecular formula is C16H17NO3S2. The molecule has 0 bridgehead atoms. The molecule has 0 saturated carbocycles. The molecule has 0 radical (unpaired) electrons. The molecule has 6 heteroatoms. The predicted molar refractivity (Wildman–Crippen MR) is 88.7 cm³/mol. The Kier molecular flexibility index (Phi) is 4.69. The summed E-state index contributed by atoms with van der Waals surface area (Å²) in [5.41, 5.74) is 1.19. The average molecular weight is 335 g/mol. The van der Waals surface area contributed by atoms with Crippen molar-refractivity contribution in [3.63, 3.8) is 0 Å². The summed E-state index contributed by atoms with van der Waals surface area (Å²) in [6.07, 6.45) is 1.22. The van der Waals surface area contributed by atoms with E-state index < -0.39 is 0 Å². The Bertz CT molecular complexity index is 708. The van der Waals surface area contributed by atoms with Gasteiger partial charge in [0.2, 0.25) is 0 Å². The first-order valence-electron chi connectivity index (χ1n) is 7.27. The molecule has 0 spiro atoms. The van der Waals surface area contributed by atoms with Crippen LogP contribution in [-0.2, 0) is 9.53 Å². The number of aromatic nitrogens is 1. The zero-order valence-corrected chi connectivity index (χ0v) is 13.8.